The van der Waals surface area contributed by atoms with Crippen LogP contribution in [0.3, 0.4) is 0 Å². The Morgan fingerprint density at radius 2 is 2.14 bits per heavy atom. The van der Waals surface area contributed by atoms with E-state index in [4.69, 9.17) is 4.74 Å². The molecule has 1 saturated heterocycles. The molecule has 0 saturated carbocycles. The lowest BCUT2D eigenvalue weighted by Crippen LogP contribution is -2.52. The molecule has 1 unspecified atom stereocenters. The summed E-state index contributed by atoms with van der Waals surface area (Å²) in [7, 11) is 3.80. The van der Waals surface area contributed by atoms with Crippen LogP contribution in [0, 0.1) is 19.3 Å². The van der Waals surface area contributed by atoms with Crippen molar-refractivity contribution < 1.29 is 4.74 Å². The van der Waals surface area contributed by atoms with E-state index >= 15 is 0 Å². The smallest absolute Gasteiger partial charge is 0.191 e. The summed E-state index contributed by atoms with van der Waals surface area (Å²) in [5.74, 6) is 0.847. The number of guanidine groups is 1. The lowest BCUT2D eigenvalue weighted by Gasteiger charge is -2.38. The zero-order valence-electron chi connectivity index (χ0n) is 14.7. The van der Waals surface area contributed by atoms with Crippen molar-refractivity contribution in [2.45, 2.75) is 40.2 Å². The molecule has 2 N–H and O–H groups in total. The van der Waals surface area contributed by atoms with E-state index in [0.717, 1.165) is 37.8 Å². The minimum Gasteiger partial charge on any atom is -0.380 e. The molecule has 1 atom stereocenters. The maximum Gasteiger partial charge on any atom is 0.191 e. The van der Waals surface area contributed by atoms with E-state index in [1.807, 2.05) is 18.8 Å². The van der Waals surface area contributed by atoms with Crippen molar-refractivity contribution in [2.75, 3.05) is 26.8 Å². The minimum atomic E-state index is 0.234. The molecule has 0 aliphatic carbocycles. The molecule has 1 aromatic heterocycles. The van der Waals surface area contributed by atoms with Crippen LogP contribution >= 0.6 is 0 Å². The Hall–Kier alpha value is -1.56. The Morgan fingerprint density at radius 1 is 1.45 bits per heavy atom. The summed E-state index contributed by atoms with van der Waals surface area (Å²) < 4.78 is 7.23. The average Bonchev–Trinajstić information content (AvgIpc) is 2.68. The summed E-state index contributed by atoms with van der Waals surface area (Å²) in [6.07, 6.45) is 0.937. The number of aliphatic imine (C=N–C) groups is 1. The van der Waals surface area contributed by atoms with Crippen molar-refractivity contribution in [1.29, 1.82) is 0 Å². The zero-order valence-corrected chi connectivity index (χ0v) is 14.7. The highest BCUT2D eigenvalue weighted by Crippen LogP contribution is 2.24. The second-order valence-electron chi connectivity index (χ2n) is 6.75. The molecule has 2 rings (SSSR count). The summed E-state index contributed by atoms with van der Waals surface area (Å²) in [5, 5.41) is 11.3. The molecule has 1 aromatic rings. The molecule has 0 radical (unpaired) electrons. The first kappa shape index (κ1) is 16.8. The van der Waals surface area contributed by atoms with E-state index in [1.54, 1.807) is 0 Å². The van der Waals surface area contributed by atoms with Crippen LogP contribution in [-0.4, -0.2) is 48.6 Å². The maximum atomic E-state index is 5.28. The molecule has 0 bridgehead atoms. The molecule has 0 aromatic carbocycles. The van der Waals surface area contributed by atoms with Gasteiger partial charge in [0.1, 0.15) is 0 Å². The average molecular weight is 307 g/mol. The van der Waals surface area contributed by atoms with Crippen LogP contribution in [0.15, 0.2) is 4.99 Å². The topological polar surface area (TPSA) is 63.5 Å². The van der Waals surface area contributed by atoms with E-state index in [2.05, 4.69) is 48.4 Å². The third kappa shape index (κ3) is 3.80. The second kappa shape index (κ2) is 6.69. The fraction of sp³-hybridized carbons (Fsp3) is 0.750. The zero-order chi connectivity index (χ0) is 16.3. The van der Waals surface area contributed by atoms with Gasteiger partial charge in [-0.3, -0.25) is 9.67 Å². The van der Waals surface area contributed by atoms with Crippen LogP contribution in [0.1, 0.15) is 30.8 Å². The van der Waals surface area contributed by atoms with Crippen LogP contribution in [0.2, 0.25) is 0 Å². The minimum absolute atomic E-state index is 0.234. The first-order valence-corrected chi connectivity index (χ1v) is 7.88. The highest BCUT2D eigenvalue weighted by atomic mass is 16.5. The van der Waals surface area contributed by atoms with Gasteiger partial charge in [0.05, 0.1) is 18.9 Å². The summed E-state index contributed by atoms with van der Waals surface area (Å²) in [6.45, 7) is 11.1. The van der Waals surface area contributed by atoms with Crippen LogP contribution in [0.25, 0.3) is 0 Å². The maximum absolute atomic E-state index is 5.28. The molecular formula is C16H29N5O. The van der Waals surface area contributed by atoms with Gasteiger partial charge in [0.25, 0.3) is 0 Å². The Balaban J connectivity index is 1.88. The van der Waals surface area contributed by atoms with Crippen LogP contribution in [0.5, 0.6) is 0 Å². The van der Waals surface area contributed by atoms with Crippen molar-refractivity contribution in [1.82, 2.24) is 20.4 Å². The highest BCUT2D eigenvalue weighted by molar-refractivity contribution is 5.80. The number of nitrogens with zero attached hydrogens (tertiary/aromatic N) is 3. The Labute approximate surface area is 133 Å². The molecule has 1 aliphatic rings. The molecule has 0 amide bonds. The first-order valence-electron chi connectivity index (χ1n) is 7.88. The third-order valence-corrected chi connectivity index (χ3v) is 4.36. The molecule has 2 heterocycles. The van der Waals surface area contributed by atoms with Crippen LogP contribution in [0.4, 0.5) is 0 Å². The van der Waals surface area contributed by atoms with Gasteiger partial charge in [-0.25, -0.2) is 0 Å². The van der Waals surface area contributed by atoms with Crippen molar-refractivity contribution in [3.8, 4) is 0 Å². The van der Waals surface area contributed by atoms with E-state index < -0.39 is 0 Å². The highest BCUT2D eigenvalue weighted by Gasteiger charge is 2.33. The van der Waals surface area contributed by atoms with Crippen LogP contribution < -0.4 is 10.6 Å². The number of ether oxygens (including phenoxy) is 1. The molecule has 6 heteroatoms. The molecule has 6 nitrogen and oxygen atoms in total. The van der Waals surface area contributed by atoms with Gasteiger partial charge < -0.3 is 15.4 Å². The fourth-order valence-corrected chi connectivity index (χ4v) is 2.75. The monoisotopic (exact) mass is 307 g/mol. The quantitative estimate of drug-likeness (QED) is 0.633. The third-order valence-electron chi connectivity index (χ3n) is 4.36. The molecule has 124 valence electrons. The Bertz CT molecular complexity index is 545. The SMILES string of the molecule is CN=C(NCC1(C)COC1)NC(C)Cc1c(C)nn(C)c1C. The fourth-order valence-electron chi connectivity index (χ4n) is 2.75. The van der Waals surface area contributed by atoms with E-state index in [1.165, 1.54) is 11.3 Å². The largest absolute Gasteiger partial charge is 0.380 e. The predicted octanol–water partition coefficient (Wildman–Crippen LogP) is 1.17. The Kier molecular flexibility index (Phi) is 5.11. The number of hydrogen-bond donors (Lipinski definition) is 2. The number of hydrogen-bond acceptors (Lipinski definition) is 3. The summed E-state index contributed by atoms with van der Waals surface area (Å²) in [4.78, 5) is 4.31. The normalized spacial score (nSPS) is 18.7. The van der Waals surface area contributed by atoms with Gasteiger partial charge in [-0.05, 0) is 32.8 Å². The lowest BCUT2D eigenvalue weighted by molar-refractivity contribution is -0.0971. The van der Waals surface area contributed by atoms with Crippen molar-refractivity contribution in [2.24, 2.45) is 17.5 Å². The number of nitrogens with one attached hydrogen (secondary N) is 2. The Morgan fingerprint density at radius 3 is 2.59 bits per heavy atom. The van der Waals surface area contributed by atoms with Gasteiger partial charge >= 0.3 is 0 Å². The summed E-state index contributed by atoms with van der Waals surface area (Å²) >= 11 is 0. The number of aryl methyl sites for hydroxylation is 2. The van der Waals surface area contributed by atoms with Gasteiger partial charge in [0.2, 0.25) is 0 Å². The van der Waals surface area contributed by atoms with Gasteiger partial charge in [0, 0.05) is 37.8 Å². The van der Waals surface area contributed by atoms with E-state index in [0.29, 0.717) is 6.04 Å². The lowest BCUT2D eigenvalue weighted by atomic mass is 9.89. The molecule has 1 aliphatic heterocycles. The van der Waals surface area contributed by atoms with Crippen molar-refractivity contribution in [3.05, 3.63) is 17.0 Å². The van der Waals surface area contributed by atoms with Crippen molar-refractivity contribution >= 4 is 5.96 Å². The van der Waals surface area contributed by atoms with Crippen LogP contribution in [-0.2, 0) is 18.2 Å². The second-order valence-corrected chi connectivity index (χ2v) is 6.75. The molecule has 1 fully saturated rings. The summed E-state index contributed by atoms with van der Waals surface area (Å²) in [5.41, 5.74) is 3.89. The van der Waals surface area contributed by atoms with Gasteiger partial charge in [-0.1, -0.05) is 6.92 Å². The van der Waals surface area contributed by atoms with Gasteiger partial charge in [-0.15, -0.1) is 0 Å². The molecule has 0 spiro atoms. The van der Waals surface area contributed by atoms with Gasteiger partial charge in [-0.2, -0.15) is 5.10 Å². The first-order chi connectivity index (χ1) is 10.3. The van der Waals surface area contributed by atoms with E-state index in [9.17, 15) is 0 Å². The van der Waals surface area contributed by atoms with Gasteiger partial charge in [0.15, 0.2) is 5.96 Å². The predicted molar refractivity (Wildman–Crippen MR) is 89.3 cm³/mol. The molecule has 22 heavy (non-hydrogen) atoms. The number of rotatable bonds is 5. The molecular weight excluding hydrogens is 278 g/mol. The van der Waals surface area contributed by atoms with Crippen molar-refractivity contribution in [3.63, 3.8) is 0 Å². The summed E-state index contributed by atoms with van der Waals surface area (Å²) in [6, 6.07) is 0.290. The van der Waals surface area contributed by atoms with E-state index in [-0.39, 0.29) is 5.41 Å². The standard InChI is InChI=1S/C16H29N5O/c1-11(7-14-12(2)20-21(6)13(14)3)19-15(17-5)18-8-16(4)9-22-10-16/h11H,7-10H2,1-6H3,(H2,17,18,19). The number of aromatic nitrogens is 2.